The van der Waals surface area contributed by atoms with Gasteiger partial charge in [-0.05, 0) is 32.0 Å². The molecular weight excluding hydrogens is 266 g/mol. The van der Waals surface area contributed by atoms with Crippen molar-refractivity contribution in [3.8, 4) is 0 Å². The van der Waals surface area contributed by atoms with Gasteiger partial charge in [0.15, 0.2) is 5.78 Å². The summed E-state index contributed by atoms with van der Waals surface area (Å²) in [7, 11) is 0. The summed E-state index contributed by atoms with van der Waals surface area (Å²) in [6.45, 7) is 3.97. The summed E-state index contributed by atoms with van der Waals surface area (Å²) in [6, 6.07) is 8.96. The smallest absolute Gasteiger partial charge is 0.260 e. The molecule has 0 unspecified atom stereocenters. The molecule has 0 atom stereocenters. The Morgan fingerprint density at radius 3 is 2.76 bits per heavy atom. The highest BCUT2D eigenvalue weighted by Gasteiger charge is 2.28. The molecule has 0 bridgehead atoms. The SMILES string of the molecule is Cc1cc(C(=O)N2CCC(=O)c3ccccc32)c(C)nn1. The van der Waals surface area contributed by atoms with Gasteiger partial charge in [-0.25, -0.2) is 0 Å². The van der Waals surface area contributed by atoms with E-state index in [0.717, 1.165) is 0 Å². The molecule has 0 N–H and O–H groups in total. The van der Waals surface area contributed by atoms with Crippen molar-refractivity contribution < 1.29 is 9.59 Å². The summed E-state index contributed by atoms with van der Waals surface area (Å²) in [5.41, 5.74) is 3.11. The highest BCUT2D eigenvalue weighted by atomic mass is 16.2. The topological polar surface area (TPSA) is 63.2 Å². The number of carbonyl (C=O) groups is 2. The molecule has 0 saturated carbocycles. The van der Waals surface area contributed by atoms with Crippen molar-refractivity contribution in [2.45, 2.75) is 20.3 Å². The van der Waals surface area contributed by atoms with Crippen LogP contribution in [0.1, 0.15) is 38.5 Å². The Morgan fingerprint density at radius 1 is 1.19 bits per heavy atom. The van der Waals surface area contributed by atoms with E-state index in [1.54, 1.807) is 36.9 Å². The summed E-state index contributed by atoms with van der Waals surface area (Å²) in [5, 5.41) is 7.95. The quantitative estimate of drug-likeness (QED) is 0.804. The zero-order valence-corrected chi connectivity index (χ0v) is 12.0. The fourth-order valence-electron chi connectivity index (χ4n) is 2.54. The summed E-state index contributed by atoms with van der Waals surface area (Å²) in [5.74, 6) is -0.0548. The Hall–Kier alpha value is -2.56. The largest absolute Gasteiger partial charge is 0.307 e. The van der Waals surface area contributed by atoms with Gasteiger partial charge in [0.25, 0.3) is 5.91 Å². The zero-order valence-electron chi connectivity index (χ0n) is 12.0. The van der Waals surface area contributed by atoms with E-state index in [9.17, 15) is 9.59 Å². The number of benzene rings is 1. The van der Waals surface area contributed by atoms with E-state index < -0.39 is 0 Å². The van der Waals surface area contributed by atoms with Crippen LogP contribution < -0.4 is 4.90 Å². The number of carbonyl (C=O) groups excluding carboxylic acids is 2. The molecule has 21 heavy (non-hydrogen) atoms. The van der Waals surface area contributed by atoms with Crippen LogP contribution in [-0.4, -0.2) is 28.4 Å². The molecule has 106 valence electrons. The molecule has 1 aromatic carbocycles. The van der Waals surface area contributed by atoms with Crippen LogP contribution in [0.25, 0.3) is 0 Å². The number of para-hydroxylation sites is 1. The van der Waals surface area contributed by atoms with E-state index in [1.165, 1.54) is 0 Å². The average Bonchev–Trinajstić information content (AvgIpc) is 2.50. The van der Waals surface area contributed by atoms with Crippen molar-refractivity contribution >= 4 is 17.4 Å². The number of ketones is 1. The molecular formula is C16H15N3O2. The molecule has 1 aromatic heterocycles. The third-order valence-corrected chi connectivity index (χ3v) is 3.63. The molecule has 3 rings (SSSR count). The van der Waals surface area contributed by atoms with Crippen LogP contribution in [0.15, 0.2) is 30.3 Å². The zero-order chi connectivity index (χ0) is 15.0. The number of hydrogen-bond acceptors (Lipinski definition) is 4. The third kappa shape index (κ3) is 2.31. The average molecular weight is 281 g/mol. The van der Waals surface area contributed by atoms with Crippen molar-refractivity contribution in [2.24, 2.45) is 0 Å². The van der Waals surface area contributed by atoms with Gasteiger partial charge in [0.1, 0.15) is 0 Å². The lowest BCUT2D eigenvalue weighted by molar-refractivity contribution is 0.0954. The van der Waals surface area contributed by atoms with Gasteiger partial charge in [-0.1, -0.05) is 12.1 Å². The van der Waals surface area contributed by atoms with Crippen LogP contribution in [0.5, 0.6) is 0 Å². The highest BCUT2D eigenvalue weighted by molar-refractivity contribution is 6.13. The molecule has 5 nitrogen and oxygen atoms in total. The van der Waals surface area contributed by atoms with Gasteiger partial charge < -0.3 is 4.90 Å². The second-order valence-corrected chi connectivity index (χ2v) is 5.13. The molecule has 1 aliphatic heterocycles. The van der Waals surface area contributed by atoms with Crippen LogP contribution in [0.2, 0.25) is 0 Å². The predicted octanol–water partition coefficient (Wildman–Crippen LogP) is 2.33. The number of fused-ring (bicyclic) bond motifs is 1. The van der Waals surface area contributed by atoms with Crippen LogP contribution >= 0.6 is 0 Å². The van der Waals surface area contributed by atoms with Crippen molar-refractivity contribution in [3.63, 3.8) is 0 Å². The fourth-order valence-corrected chi connectivity index (χ4v) is 2.54. The molecule has 0 saturated heterocycles. The summed E-state index contributed by atoms with van der Waals surface area (Å²) >= 11 is 0. The summed E-state index contributed by atoms with van der Waals surface area (Å²) in [4.78, 5) is 26.4. The van der Waals surface area contributed by atoms with Crippen LogP contribution in [0, 0.1) is 13.8 Å². The van der Waals surface area contributed by atoms with E-state index >= 15 is 0 Å². The minimum absolute atomic E-state index is 0.0791. The highest BCUT2D eigenvalue weighted by Crippen LogP contribution is 2.28. The Morgan fingerprint density at radius 2 is 1.95 bits per heavy atom. The Labute approximate surface area is 122 Å². The van der Waals surface area contributed by atoms with Gasteiger partial charge in [0.05, 0.1) is 22.6 Å². The fraction of sp³-hybridized carbons (Fsp3) is 0.250. The lowest BCUT2D eigenvalue weighted by Gasteiger charge is -2.29. The first-order chi connectivity index (χ1) is 10.1. The monoisotopic (exact) mass is 281 g/mol. The molecule has 2 heterocycles. The maximum absolute atomic E-state index is 12.8. The number of aryl methyl sites for hydroxylation is 2. The number of rotatable bonds is 1. The Bertz CT molecular complexity index is 740. The molecule has 0 fully saturated rings. The first-order valence-corrected chi connectivity index (χ1v) is 6.83. The third-order valence-electron chi connectivity index (χ3n) is 3.63. The summed E-state index contributed by atoms with van der Waals surface area (Å²) < 4.78 is 0. The van der Waals surface area contributed by atoms with Crippen molar-refractivity contribution in [1.82, 2.24) is 10.2 Å². The van der Waals surface area contributed by atoms with Crippen molar-refractivity contribution in [2.75, 3.05) is 11.4 Å². The number of hydrogen-bond donors (Lipinski definition) is 0. The number of anilines is 1. The van der Waals surface area contributed by atoms with Gasteiger partial charge >= 0.3 is 0 Å². The van der Waals surface area contributed by atoms with Crippen LogP contribution in [0.3, 0.4) is 0 Å². The van der Waals surface area contributed by atoms with E-state index in [2.05, 4.69) is 10.2 Å². The molecule has 1 aliphatic rings. The molecule has 0 radical (unpaired) electrons. The lowest BCUT2D eigenvalue weighted by Crippen LogP contribution is -2.37. The van der Waals surface area contributed by atoms with Crippen molar-refractivity contribution in [3.05, 3.63) is 52.8 Å². The van der Waals surface area contributed by atoms with Crippen LogP contribution in [-0.2, 0) is 0 Å². The van der Waals surface area contributed by atoms with E-state index in [4.69, 9.17) is 0 Å². The minimum atomic E-state index is -0.134. The Kier molecular flexibility index (Phi) is 3.25. The normalized spacial score (nSPS) is 14.0. The molecule has 1 amide bonds. The maximum Gasteiger partial charge on any atom is 0.260 e. The maximum atomic E-state index is 12.8. The number of amides is 1. The molecule has 0 spiro atoms. The molecule has 2 aromatic rings. The molecule has 0 aliphatic carbocycles. The first-order valence-electron chi connectivity index (χ1n) is 6.83. The summed E-state index contributed by atoms with van der Waals surface area (Å²) in [6.07, 6.45) is 0.347. The van der Waals surface area contributed by atoms with E-state index in [0.29, 0.717) is 41.2 Å². The van der Waals surface area contributed by atoms with Gasteiger partial charge in [-0.15, -0.1) is 0 Å². The van der Waals surface area contributed by atoms with E-state index in [-0.39, 0.29) is 11.7 Å². The van der Waals surface area contributed by atoms with Gasteiger partial charge in [-0.2, -0.15) is 10.2 Å². The number of aromatic nitrogens is 2. The standard InChI is InChI=1S/C16H15N3O2/c1-10-9-13(11(2)18-17-10)16(21)19-8-7-15(20)12-5-3-4-6-14(12)19/h3-6,9H,7-8H2,1-2H3. The van der Waals surface area contributed by atoms with E-state index in [1.807, 2.05) is 12.1 Å². The van der Waals surface area contributed by atoms with Crippen molar-refractivity contribution in [1.29, 1.82) is 0 Å². The molecule has 5 heteroatoms. The number of Topliss-reactive ketones (excluding diaryl/α,β-unsaturated/α-hetero) is 1. The van der Waals surface area contributed by atoms with Gasteiger partial charge in [0.2, 0.25) is 0 Å². The van der Waals surface area contributed by atoms with Gasteiger partial charge in [-0.3, -0.25) is 9.59 Å². The first kappa shape index (κ1) is 13.4. The van der Waals surface area contributed by atoms with Gasteiger partial charge in [0, 0.05) is 18.5 Å². The Balaban J connectivity index is 2.05. The number of nitrogens with zero attached hydrogens (tertiary/aromatic N) is 3. The van der Waals surface area contributed by atoms with Crippen LogP contribution in [0.4, 0.5) is 5.69 Å². The lowest BCUT2D eigenvalue weighted by atomic mass is 9.99. The predicted molar refractivity (Wildman–Crippen MR) is 78.6 cm³/mol. The second-order valence-electron chi connectivity index (χ2n) is 5.13. The minimum Gasteiger partial charge on any atom is -0.307 e. The second kappa shape index (κ2) is 5.09.